The summed E-state index contributed by atoms with van der Waals surface area (Å²) in [6.45, 7) is 0.705. The smallest absolute Gasteiger partial charge is 0.420 e. The average molecular weight is 339 g/mol. The highest BCUT2D eigenvalue weighted by Gasteiger charge is 2.27. The highest BCUT2D eigenvalue weighted by Crippen LogP contribution is 2.25. The standard InChI is InChI=1S/C11H13ClF2N4O2S/c12-11(13,14)20-8-3-1-7(2-4-8)16-9(19)6-21-10-5-15-18-17-10/h1-4,10,15,17-18H,5-6H2,(H,16,19). The summed E-state index contributed by atoms with van der Waals surface area (Å²) < 4.78 is 29.0. The van der Waals surface area contributed by atoms with Gasteiger partial charge in [0.2, 0.25) is 5.91 Å². The lowest BCUT2D eigenvalue weighted by Gasteiger charge is -2.11. The molecule has 1 aromatic rings. The summed E-state index contributed by atoms with van der Waals surface area (Å²) in [7, 11) is 0. The molecule has 0 saturated carbocycles. The molecule has 1 aliphatic rings. The van der Waals surface area contributed by atoms with E-state index in [2.05, 4.69) is 38.0 Å². The van der Waals surface area contributed by atoms with Crippen LogP contribution < -0.4 is 26.4 Å². The van der Waals surface area contributed by atoms with Crippen molar-refractivity contribution >= 4 is 35.0 Å². The van der Waals surface area contributed by atoms with Crippen molar-refractivity contribution in [3.05, 3.63) is 24.3 Å². The number of nitrogens with one attached hydrogen (secondary N) is 4. The number of halogens is 3. The summed E-state index contributed by atoms with van der Waals surface area (Å²) in [5.74, 6) is -0.0151. The van der Waals surface area contributed by atoms with Crippen LogP contribution in [0.25, 0.3) is 0 Å². The maximum absolute atomic E-state index is 12.4. The Kier molecular flexibility index (Phi) is 5.59. The number of hydrogen-bond acceptors (Lipinski definition) is 6. The van der Waals surface area contributed by atoms with Crippen molar-refractivity contribution in [2.24, 2.45) is 0 Å². The molecule has 0 aliphatic carbocycles. The number of benzene rings is 1. The number of rotatable bonds is 6. The van der Waals surface area contributed by atoms with Crippen LogP contribution in [-0.2, 0) is 4.79 Å². The maximum atomic E-state index is 12.4. The number of anilines is 1. The molecule has 1 heterocycles. The first kappa shape index (κ1) is 16.2. The fourth-order valence-electron chi connectivity index (χ4n) is 1.54. The molecule has 4 N–H and O–H groups in total. The van der Waals surface area contributed by atoms with Crippen molar-refractivity contribution < 1.29 is 18.3 Å². The summed E-state index contributed by atoms with van der Waals surface area (Å²) in [4.78, 5) is 11.7. The van der Waals surface area contributed by atoms with Gasteiger partial charge in [0, 0.05) is 23.8 Å². The van der Waals surface area contributed by atoms with Gasteiger partial charge in [-0.1, -0.05) is 0 Å². The number of thioether (sulfide) groups is 1. The Balaban J connectivity index is 1.78. The number of hydrogen-bond donors (Lipinski definition) is 4. The molecule has 6 nitrogen and oxygen atoms in total. The largest absolute Gasteiger partial charge is 0.487 e. The molecule has 1 aliphatic heterocycles. The quantitative estimate of drug-likeness (QED) is 0.589. The third-order valence-corrected chi connectivity index (χ3v) is 3.59. The van der Waals surface area contributed by atoms with Crippen LogP contribution in [0.5, 0.6) is 5.75 Å². The van der Waals surface area contributed by atoms with Gasteiger partial charge in [0.05, 0.1) is 11.1 Å². The molecule has 10 heteroatoms. The summed E-state index contributed by atoms with van der Waals surface area (Å²) in [6, 6.07) is 5.51. The SMILES string of the molecule is O=C(CSC1CNNN1)Nc1ccc(OC(F)(F)Cl)cc1. The molecule has 1 saturated heterocycles. The van der Waals surface area contributed by atoms with Crippen LogP contribution in [0.3, 0.4) is 0 Å². The van der Waals surface area contributed by atoms with Gasteiger partial charge in [0.1, 0.15) is 5.75 Å². The molecule has 0 spiro atoms. The number of hydrazine groups is 2. The van der Waals surface area contributed by atoms with Gasteiger partial charge in [0.15, 0.2) is 0 Å². The minimum Gasteiger partial charge on any atom is -0.420 e. The Morgan fingerprint density at radius 2 is 2.19 bits per heavy atom. The van der Waals surface area contributed by atoms with E-state index in [0.29, 0.717) is 12.2 Å². The second-order valence-electron chi connectivity index (χ2n) is 4.07. The summed E-state index contributed by atoms with van der Waals surface area (Å²) in [6.07, 6.45) is 0. The van der Waals surface area contributed by atoms with E-state index >= 15 is 0 Å². The predicted molar refractivity (Wildman–Crippen MR) is 77.0 cm³/mol. The van der Waals surface area contributed by atoms with Crippen LogP contribution in [0, 0.1) is 0 Å². The first-order valence-corrected chi connectivity index (χ1v) is 7.36. The molecule has 1 amide bonds. The molecule has 0 bridgehead atoms. The molecular formula is C11H13ClF2N4O2S. The Labute approximate surface area is 128 Å². The molecule has 0 radical (unpaired) electrons. The minimum absolute atomic E-state index is 0.0883. The van der Waals surface area contributed by atoms with Crippen molar-refractivity contribution in [3.63, 3.8) is 0 Å². The van der Waals surface area contributed by atoms with Crippen molar-refractivity contribution in [1.29, 1.82) is 0 Å². The Bertz CT molecular complexity index is 480. The summed E-state index contributed by atoms with van der Waals surface area (Å²) in [5.41, 5.74) is 5.27. The molecule has 1 aromatic carbocycles. The fraction of sp³-hybridized carbons (Fsp3) is 0.364. The van der Waals surface area contributed by atoms with Gasteiger partial charge >= 0.3 is 5.57 Å². The first-order valence-electron chi connectivity index (χ1n) is 5.93. The van der Waals surface area contributed by atoms with Crippen LogP contribution >= 0.6 is 23.4 Å². The maximum Gasteiger partial charge on any atom is 0.487 e. The minimum atomic E-state index is -3.75. The van der Waals surface area contributed by atoms with Crippen molar-refractivity contribution in [2.75, 3.05) is 17.6 Å². The zero-order chi connectivity index (χ0) is 15.3. The zero-order valence-electron chi connectivity index (χ0n) is 10.7. The van der Waals surface area contributed by atoms with E-state index in [1.807, 2.05) is 0 Å². The van der Waals surface area contributed by atoms with Gasteiger partial charge in [-0.2, -0.15) is 5.53 Å². The predicted octanol–water partition coefficient (Wildman–Crippen LogP) is 1.46. The van der Waals surface area contributed by atoms with Gasteiger partial charge in [-0.15, -0.1) is 20.5 Å². The van der Waals surface area contributed by atoms with Crippen molar-refractivity contribution in [1.82, 2.24) is 16.4 Å². The van der Waals surface area contributed by atoms with Crippen LogP contribution in [0.15, 0.2) is 24.3 Å². The zero-order valence-corrected chi connectivity index (χ0v) is 12.2. The van der Waals surface area contributed by atoms with Crippen molar-refractivity contribution in [3.8, 4) is 5.75 Å². The average Bonchev–Trinajstić information content (AvgIpc) is 2.90. The molecule has 1 unspecified atom stereocenters. The van der Waals surface area contributed by atoms with Crippen LogP contribution in [-0.4, -0.2) is 29.1 Å². The highest BCUT2D eigenvalue weighted by atomic mass is 35.5. The van der Waals surface area contributed by atoms with Gasteiger partial charge < -0.3 is 10.1 Å². The van der Waals surface area contributed by atoms with Crippen molar-refractivity contribution in [2.45, 2.75) is 10.9 Å². The highest BCUT2D eigenvalue weighted by molar-refractivity contribution is 8.00. The van der Waals surface area contributed by atoms with Gasteiger partial charge in [-0.05, 0) is 24.3 Å². The number of amides is 1. The number of carbonyl (C=O) groups excluding carboxylic acids is 1. The monoisotopic (exact) mass is 338 g/mol. The van der Waals surface area contributed by atoms with Gasteiger partial charge in [0.25, 0.3) is 0 Å². The van der Waals surface area contributed by atoms with Gasteiger partial charge in [-0.25, -0.2) is 10.9 Å². The molecule has 1 atom stereocenters. The van der Waals surface area contributed by atoms with Crippen LogP contribution in [0.1, 0.15) is 0 Å². The van der Waals surface area contributed by atoms with E-state index in [1.54, 1.807) is 0 Å². The second-order valence-corrected chi connectivity index (χ2v) is 5.70. The van der Waals surface area contributed by atoms with E-state index < -0.39 is 5.57 Å². The summed E-state index contributed by atoms with van der Waals surface area (Å²) >= 11 is 6.08. The summed E-state index contributed by atoms with van der Waals surface area (Å²) in [5, 5.41) is 2.76. The molecule has 0 aromatic heterocycles. The lowest BCUT2D eigenvalue weighted by atomic mass is 10.3. The molecule has 1 fully saturated rings. The van der Waals surface area contributed by atoms with E-state index in [9.17, 15) is 13.6 Å². The van der Waals surface area contributed by atoms with Gasteiger partial charge in [-0.3, -0.25) is 4.79 Å². The molecule has 2 rings (SSSR count). The fourth-order valence-corrected chi connectivity index (χ4v) is 2.40. The Morgan fingerprint density at radius 3 is 2.76 bits per heavy atom. The Morgan fingerprint density at radius 1 is 1.48 bits per heavy atom. The topological polar surface area (TPSA) is 74.4 Å². The number of ether oxygens (including phenoxy) is 1. The lowest BCUT2D eigenvalue weighted by Crippen LogP contribution is -2.32. The van der Waals surface area contributed by atoms with Crippen LogP contribution in [0.2, 0.25) is 0 Å². The molecule has 116 valence electrons. The third-order valence-electron chi connectivity index (χ3n) is 2.40. The number of alkyl halides is 3. The molecule has 21 heavy (non-hydrogen) atoms. The Hall–Kier alpha value is -1.13. The second kappa shape index (κ2) is 7.23. The number of carbonyl (C=O) groups is 1. The van der Waals surface area contributed by atoms with E-state index in [0.717, 1.165) is 0 Å². The molecular weight excluding hydrogens is 326 g/mol. The van der Waals surface area contributed by atoms with Crippen LogP contribution in [0.4, 0.5) is 14.5 Å². The lowest BCUT2D eigenvalue weighted by molar-refractivity contribution is -0.113. The van der Waals surface area contributed by atoms with E-state index in [-0.39, 0.29) is 22.8 Å². The van der Waals surface area contributed by atoms with E-state index in [1.165, 1.54) is 36.0 Å². The van der Waals surface area contributed by atoms with E-state index in [4.69, 9.17) is 0 Å². The first-order chi connectivity index (χ1) is 9.92. The normalized spacial score (nSPS) is 18.5. The third kappa shape index (κ3) is 6.02.